The van der Waals surface area contributed by atoms with Crippen LogP contribution in [0.1, 0.15) is 0 Å². The molecule has 0 aliphatic heterocycles. The quantitative estimate of drug-likeness (QED) is 0.801. The maximum Gasteiger partial charge on any atom is 0.331 e. The van der Waals surface area contributed by atoms with Gasteiger partial charge < -0.3 is 5.11 Å². The molecule has 90 valence electrons. The number of thiophene rings is 1. The summed E-state index contributed by atoms with van der Waals surface area (Å²) in [6, 6.07) is 1.14. The van der Waals surface area contributed by atoms with Gasteiger partial charge in [-0.1, -0.05) is 28.1 Å². The van der Waals surface area contributed by atoms with E-state index >= 15 is 0 Å². The average Bonchev–Trinajstić information content (AvgIpc) is 2.44. The summed E-state index contributed by atoms with van der Waals surface area (Å²) in [5.41, 5.74) is 0. The second kappa shape index (κ2) is 5.30. The third-order valence-electron chi connectivity index (χ3n) is 1.28. The minimum Gasteiger partial charge on any atom is -0.479 e. The van der Waals surface area contributed by atoms with E-state index in [-0.39, 0.29) is 13.6 Å². The summed E-state index contributed by atoms with van der Waals surface area (Å²) < 4.78 is 23.1. The van der Waals surface area contributed by atoms with Crippen molar-refractivity contribution in [1.82, 2.24) is 4.89 Å². The zero-order valence-corrected chi connectivity index (χ0v) is 10.6. The first-order chi connectivity index (χ1) is 7.33. The second-order valence-electron chi connectivity index (χ2n) is 2.46. The van der Waals surface area contributed by atoms with Gasteiger partial charge in [-0.25, -0.2) is 13.2 Å². The highest BCUT2D eigenvalue weighted by Gasteiger charge is 2.21. The van der Waals surface area contributed by atoms with Crippen LogP contribution in [0.15, 0.2) is 11.0 Å². The fourth-order valence-corrected chi connectivity index (χ4v) is 3.68. The molecule has 1 aromatic rings. The van der Waals surface area contributed by atoms with Gasteiger partial charge in [0.25, 0.3) is 10.0 Å². The molecule has 0 atom stereocenters. The van der Waals surface area contributed by atoms with Crippen LogP contribution in [-0.4, -0.2) is 26.1 Å². The molecule has 0 aliphatic rings. The third kappa shape index (κ3) is 3.58. The van der Waals surface area contributed by atoms with Gasteiger partial charge in [-0.2, -0.15) is 0 Å². The Hall–Kier alpha value is -0.380. The van der Waals surface area contributed by atoms with E-state index in [0.29, 0.717) is 0 Å². The number of hydrogen-bond acceptors (Lipinski definition) is 5. The summed E-state index contributed by atoms with van der Waals surface area (Å²) in [6.45, 7) is -0.797. The number of aliphatic carboxylic acids is 1. The number of carbonyl (C=O) groups is 1. The van der Waals surface area contributed by atoms with Gasteiger partial charge in [0.1, 0.15) is 9.23 Å². The standard InChI is InChI=1S/C6H5Cl2NO5S2/c7-4-1-3(6(8)15-4)16(12,13)9-14-2-5(10)11/h1,9H,2H2,(H,10,11). The van der Waals surface area contributed by atoms with Crippen LogP contribution in [0.25, 0.3) is 0 Å². The maximum atomic E-state index is 11.5. The SMILES string of the molecule is O=C(O)CONS(=O)(=O)c1cc(Cl)sc1Cl. The Bertz CT molecular complexity index is 497. The van der Waals surface area contributed by atoms with Gasteiger partial charge in [0.05, 0.1) is 4.34 Å². The van der Waals surface area contributed by atoms with Crippen LogP contribution >= 0.6 is 34.5 Å². The van der Waals surface area contributed by atoms with Gasteiger partial charge >= 0.3 is 5.97 Å². The van der Waals surface area contributed by atoms with Gasteiger partial charge in [-0.15, -0.1) is 11.3 Å². The van der Waals surface area contributed by atoms with Gasteiger partial charge in [-0.05, 0) is 6.07 Å². The fraction of sp³-hybridized carbons (Fsp3) is 0.167. The zero-order chi connectivity index (χ0) is 12.3. The summed E-state index contributed by atoms with van der Waals surface area (Å²) in [7, 11) is -4.01. The highest BCUT2D eigenvalue weighted by Crippen LogP contribution is 2.33. The minimum atomic E-state index is -4.01. The number of halogens is 2. The molecule has 0 aromatic carbocycles. The molecule has 0 amide bonds. The minimum absolute atomic E-state index is 0.0311. The molecule has 1 heterocycles. The molecule has 0 unspecified atom stereocenters. The van der Waals surface area contributed by atoms with Crippen LogP contribution in [0.4, 0.5) is 0 Å². The van der Waals surface area contributed by atoms with Crippen molar-refractivity contribution < 1.29 is 23.2 Å². The van der Waals surface area contributed by atoms with E-state index in [1.165, 1.54) is 0 Å². The first kappa shape index (κ1) is 13.7. The predicted molar refractivity (Wildman–Crippen MR) is 58.2 cm³/mol. The predicted octanol–water partition coefficient (Wildman–Crippen LogP) is 1.35. The van der Waals surface area contributed by atoms with E-state index in [1.54, 1.807) is 4.89 Å². The van der Waals surface area contributed by atoms with Crippen molar-refractivity contribution in [3.8, 4) is 0 Å². The molecule has 0 radical (unpaired) electrons. The van der Waals surface area contributed by atoms with E-state index in [2.05, 4.69) is 4.84 Å². The smallest absolute Gasteiger partial charge is 0.331 e. The maximum absolute atomic E-state index is 11.5. The number of sulfonamides is 1. The Kier molecular flexibility index (Phi) is 4.53. The number of nitrogens with one attached hydrogen (secondary N) is 1. The molecule has 1 rings (SSSR count). The van der Waals surface area contributed by atoms with Gasteiger partial charge in [0.15, 0.2) is 6.61 Å². The van der Waals surface area contributed by atoms with Gasteiger partial charge in [-0.3, -0.25) is 4.84 Å². The molecule has 16 heavy (non-hydrogen) atoms. The summed E-state index contributed by atoms with van der Waals surface area (Å²) in [5, 5.41) is 8.23. The van der Waals surface area contributed by atoms with E-state index in [4.69, 9.17) is 28.3 Å². The molecule has 0 saturated carbocycles. The molecule has 6 nitrogen and oxygen atoms in total. The Morgan fingerprint density at radius 3 is 2.62 bits per heavy atom. The molecule has 0 spiro atoms. The fourth-order valence-electron chi connectivity index (χ4n) is 0.722. The van der Waals surface area contributed by atoms with Gasteiger partial charge in [0, 0.05) is 0 Å². The van der Waals surface area contributed by atoms with Crippen molar-refractivity contribution >= 4 is 50.5 Å². The van der Waals surface area contributed by atoms with E-state index in [1.807, 2.05) is 0 Å². The molecule has 2 N–H and O–H groups in total. The Balaban J connectivity index is 2.78. The van der Waals surface area contributed by atoms with Crippen molar-refractivity contribution in [2.75, 3.05) is 6.61 Å². The van der Waals surface area contributed by atoms with Gasteiger partial charge in [0.2, 0.25) is 0 Å². The third-order valence-corrected chi connectivity index (χ3v) is 4.25. The summed E-state index contributed by atoms with van der Waals surface area (Å²) in [4.78, 5) is 15.7. The van der Waals surface area contributed by atoms with E-state index in [0.717, 1.165) is 17.4 Å². The molecular weight excluding hydrogens is 301 g/mol. The zero-order valence-electron chi connectivity index (χ0n) is 7.44. The van der Waals surface area contributed by atoms with Crippen LogP contribution in [-0.2, 0) is 19.7 Å². The first-order valence-corrected chi connectivity index (χ1v) is 6.68. The van der Waals surface area contributed by atoms with Crippen molar-refractivity contribution in [3.63, 3.8) is 0 Å². The lowest BCUT2D eigenvalue weighted by molar-refractivity contribution is -0.143. The molecule has 0 saturated heterocycles. The van der Waals surface area contributed by atoms with Crippen molar-refractivity contribution in [1.29, 1.82) is 0 Å². The summed E-state index contributed by atoms with van der Waals surface area (Å²) in [6.07, 6.45) is 0. The Morgan fingerprint density at radius 1 is 1.56 bits per heavy atom. The Morgan fingerprint density at radius 2 is 2.19 bits per heavy atom. The van der Waals surface area contributed by atoms with Crippen molar-refractivity contribution in [2.45, 2.75) is 4.90 Å². The first-order valence-electron chi connectivity index (χ1n) is 3.63. The number of hydrogen-bond donors (Lipinski definition) is 2. The molecule has 1 aromatic heterocycles. The van der Waals surface area contributed by atoms with Crippen molar-refractivity contribution in [3.05, 3.63) is 14.7 Å². The van der Waals surface area contributed by atoms with E-state index in [9.17, 15) is 13.2 Å². The Labute approximate surface area is 105 Å². The normalized spacial score (nSPS) is 11.6. The summed E-state index contributed by atoms with van der Waals surface area (Å²) >= 11 is 12.1. The van der Waals surface area contributed by atoms with Crippen LogP contribution in [0, 0.1) is 0 Å². The molecule has 10 heteroatoms. The molecule has 0 fully saturated rings. The lowest BCUT2D eigenvalue weighted by Gasteiger charge is -2.03. The molecular formula is C6H5Cl2NO5S2. The van der Waals surface area contributed by atoms with Crippen molar-refractivity contribution in [2.24, 2.45) is 0 Å². The largest absolute Gasteiger partial charge is 0.479 e. The number of carboxylic acid groups (broad SMARTS) is 1. The van der Waals surface area contributed by atoms with Crippen LogP contribution < -0.4 is 4.89 Å². The van der Waals surface area contributed by atoms with Crippen LogP contribution in [0.2, 0.25) is 8.67 Å². The topological polar surface area (TPSA) is 92.7 Å². The van der Waals surface area contributed by atoms with Crippen LogP contribution in [0.5, 0.6) is 0 Å². The molecule has 0 aliphatic carbocycles. The highest BCUT2D eigenvalue weighted by atomic mass is 35.5. The molecule has 0 bridgehead atoms. The lowest BCUT2D eigenvalue weighted by Crippen LogP contribution is -2.26. The lowest BCUT2D eigenvalue weighted by atomic mass is 10.7. The van der Waals surface area contributed by atoms with E-state index < -0.39 is 22.6 Å². The number of carboxylic acids is 1. The van der Waals surface area contributed by atoms with Crippen LogP contribution in [0.3, 0.4) is 0 Å². The highest BCUT2D eigenvalue weighted by molar-refractivity contribution is 7.89. The monoisotopic (exact) mass is 305 g/mol. The average molecular weight is 306 g/mol. The second-order valence-corrected chi connectivity index (χ2v) is 6.36. The number of rotatable bonds is 5. The summed E-state index contributed by atoms with van der Waals surface area (Å²) in [5.74, 6) is -1.31.